The Hall–Kier alpha value is -5.52. The van der Waals surface area contributed by atoms with Crippen molar-refractivity contribution in [1.82, 2.24) is 4.57 Å². The van der Waals surface area contributed by atoms with E-state index in [1.54, 1.807) is 5.19 Å². The van der Waals surface area contributed by atoms with Crippen molar-refractivity contribution in [2.75, 3.05) is 0 Å². The number of furan rings is 1. The van der Waals surface area contributed by atoms with Crippen LogP contribution >= 0.6 is 0 Å². The van der Waals surface area contributed by atoms with Gasteiger partial charge in [0, 0.05) is 44.6 Å². The lowest BCUT2D eigenvalue weighted by atomic mass is 9.77. The van der Waals surface area contributed by atoms with E-state index in [9.17, 15) is 0 Å². The number of hydrogen-bond donors (Lipinski definition) is 0. The quantitative estimate of drug-likeness (QED) is 0.126. The van der Waals surface area contributed by atoms with Crippen LogP contribution in [0.5, 0.6) is 0 Å². The van der Waals surface area contributed by atoms with Crippen LogP contribution in [0.2, 0.25) is 19.6 Å². The van der Waals surface area contributed by atoms with Crippen molar-refractivity contribution in [2.24, 2.45) is 0 Å². The van der Waals surface area contributed by atoms with Crippen LogP contribution < -0.4 is 14.3 Å². The van der Waals surface area contributed by atoms with Crippen molar-refractivity contribution in [3.8, 4) is 28.3 Å². The SMILES string of the molecule is C=C1CC2C(CCc3cc4oc5ccccc5c4cc3-c3n(-c4c(C(C)C)cccc4C(C)C)c4ccccc4[n+]31)c1ccccc1-c1cc(C(C)C)c([Si](C)(C)C)c[n+]12. The summed E-state index contributed by atoms with van der Waals surface area (Å²) in [7, 11) is -1.71. The van der Waals surface area contributed by atoms with Crippen LogP contribution in [-0.4, -0.2) is 12.6 Å². The molecular weight excluding hydrogens is 747 g/mol. The number of nitrogens with zero attached hydrogens (tertiary/aromatic N) is 3. The molecule has 60 heavy (non-hydrogen) atoms. The van der Waals surface area contributed by atoms with Gasteiger partial charge < -0.3 is 4.42 Å². The summed E-state index contributed by atoms with van der Waals surface area (Å²) in [5, 5.41) is 3.87. The van der Waals surface area contributed by atoms with Crippen molar-refractivity contribution in [3.63, 3.8) is 0 Å². The van der Waals surface area contributed by atoms with Crippen molar-refractivity contribution in [2.45, 2.75) is 110 Å². The van der Waals surface area contributed by atoms with Crippen molar-refractivity contribution < 1.29 is 13.6 Å². The van der Waals surface area contributed by atoms with E-state index < -0.39 is 8.07 Å². The summed E-state index contributed by atoms with van der Waals surface area (Å²) < 4.78 is 14.6. The van der Waals surface area contributed by atoms with E-state index in [1.165, 1.54) is 67.2 Å². The smallest absolute Gasteiger partial charge is 0.300 e. The minimum absolute atomic E-state index is 0.187. The fourth-order valence-electron chi connectivity index (χ4n) is 10.8. The highest BCUT2D eigenvalue weighted by Crippen LogP contribution is 2.47. The maximum absolute atomic E-state index is 6.68. The van der Waals surface area contributed by atoms with E-state index in [0.29, 0.717) is 23.7 Å². The zero-order valence-corrected chi connectivity index (χ0v) is 37.9. The van der Waals surface area contributed by atoms with E-state index in [0.717, 1.165) is 46.9 Å². The summed E-state index contributed by atoms with van der Waals surface area (Å²) in [4.78, 5) is 0. The zero-order chi connectivity index (χ0) is 41.8. The van der Waals surface area contributed by atoms with Crippen LogP contribution in [0.4, 0.5) is 0 Å². The van der Waals surface area contributed by atoms with Crippen LogP contribution in [-0.2, 0) is 6.42 Å². The van der Waals surface area contributed by atoms with Gasteiger partial charge in [-0.25, -0.2) is 0 Å². The molecule has 2 atom stereocenters. The third kappa shape index (κ3) is 5.98. The second-order valence-corrected chi connectivity index (χ2v) is 24.6. The standard InChI is InChI=1S/C55H59N3OSi/c1-33(2)38-21-17-22-39(34(3)4)54(38)58-48-24-15-14-23-47(48)57-36(7)28-49-42(27-26-37-29-52-46(30-45(37)55(57)58)43-20-13-16-25-51(43)59-52)40-18-11-12-19-41(40)50-31-44(35(5)6)53(32-56(49)50)60(8,9)10/h11-25,29-35,42,49H,7,26-28H2,1-6,8-10H3/q+2. The third-order valence-corrected chi connectivity index (χ3v) is 15.8. The van der Waals surface area contributed by atoms with Crippen molar-refractivity contribution in [3.05, 3.63) is 150 Å². The lowest BCUT2D eigenvalue weighted by molar-refractivity contribution is -0.719. The Morgan fingerprint density at radius 3 is 2.12 bits per heavy atom. The molecule has 2 unspecified atom stereocenters. The second-order valence-electron chi connectivity index (χ2n) is 19.6. The van der Waals surface area contributed by atoms with Gasteiger partial charge in [0.1, 0.15) is 22.6 Å². The molecule has 302 valence electrons. The number of imidazole rings is 1. The predicted molar refractivity (Wildman–Crippen MR) is 254 cm³/mol. The average Bonchev–Trinajstić information content (AvgIpc) is 3.77. The fourth-order valence-corrected chi connectivity index (χ4v) is 12.6. The molecule has 0 spiro atoms. The van der Waals surface area contributed by atoms with E-state index in [4.69, 9.17) is 11.0 Å². The van der Waals surface area contributed by atoms with Gasteiger partial charge in [-0.15, -0.1) is 0 Å². The highest BCUT2D eigenvalue weighted by atomic mass is 28.3. The number of aryl methyl sites for hydroxylation is 1. The summed E-state index contributed by atoms with van der Waals surface area (Å²) in [5.41, 5.74) is 17.6. The zero-order valence-electron chi connectivity index (χ0n) is 36.9. The molecule has 5 heteroatoms. The largest absolute Gasteiger partial charge is 0.456 e. The Bertz CT molecular complexity index is 3000. The van der Waals surface area contributed by atoms with Crippen LogP contribution in [0.15, 0.2) is 126 Å². The van der Waals surface area contributed by atoms with Gasteiger partial charge >= 0.3 is 0 Å². The molecule has 5 aromatic carbocycles. The number of fused-ring (bicyclic) bond motifs is 14. The Balaban J connectivity index is 1.32. The van der Waals surface area contributed by atoms with E-state index in [-0.39, 0.29) is 6.04 Å². The number of hydrogen-bond acceptors (Lipinski definition) is 1. The number of allylic oxidation sites excluding steroid dienone is 1. The van der Waals surface area contributed by atoms with Gasteiger partial charge in [0.25, 0.3) is 5.82 Å². The Morgan fingerprint density at radius 1 is 0.700 bits per heavy atom. The van der Waals surface area contributed by atoms with E-state index in [1.807, 2.05) is 0 Å². The molecule has 0 aliphatic carbocycles. The molecule has 2 aliphatic rings. The number of para-hydroxylation sites is 4. The average molecular weight is 806 g/mol. The molecular formula is C55H59N3OSi+2. The Labute approximate surface area is 356 Å². The molecule has 0 saturated heterocycles. The summed E-state index contributed by atoms with van der Waals surface area (Å²) in [6, 6.07) is 41.4. The lowest BCUT2D eigenvalue weighted by Gasteiger charge is -2.33. The number of rotatable bonds is 5. The van der Waals surface area contributed by atoms with Gasteiger partial charge in [0.15, 0.2) is 23.3 Å². The fraction of sp³-hybridized carbons (Fsp3) is 0.309. The minimum atomic E-state index is -1.71. The Kier molecular flexibility index (Phi) is 9.22. The highest BCUT2D eigenvalue weighted by Gasteiger charge is 2.45. The molecule has 0 fully saturated rings. The lowest BCUT2D eigenvalue weighted by Crippen LogP contribution is -2.54. The molecule has 0 N–H and O–H groups in total. The molecule has 0 saturated carbocycles. The van der Waals surface area contributed by atoms with Gasteiger partial charge in [-0.3, -0.25) is 0 Å². The molecule has 8 aromatic rings. The van der Waals surface area contributed by atoms with E-state index >= 15 is 0 Å². The van der Waals surface area contributed by atoms with Gasteiger partial charge in [-0.1, -0.05) is 134 Å². The van der Waals surface area contributed by atoms with Gasteiger partial charge in [0.2, 0.25) is 5.69 Å². The first-order valence-electron chi connectivity index (χ1n) is 22.3. The van der Waals surface area contributed by atoms with Crippen molar-refractivity contribution >= 4 is 51.9 Å². The van der Waals surface area contributed by atoms with E-state index in [2.05, 4.69) is 190 Å². The summed E-state index contributed by atoms with van der Waals surface area (Å²) in [6.45, 7) is 26.7. The third-order valence-electron chi connectivity index (χ3n) is 13.7. The second kappa shape index (κ2) is 14.3. The number of aromatic nitrogens is 3. The first-order chi connectivity index (χ1) is 28.8. The summed E-state index contributed by atoms with van der Waals surface area (Å²) in [6.07, 6.45) is 5.34. The van der Waals surface area contributed by atoms with Crippen molar-refractivity contribution in [1.29, 1.82) is 0 Å². The first-order valence-corrected chi connectivity index (χ1v) is 25.8. The molecule has 0 bridgehead atoms. The molecule has 3 aromatic heterocycles. The van der Waals surface area contributed by atoms with Gasteiger partial charge in [-0.05, 0) is 83.7 Å². The van der Waals surface area contributed by atoms with Crippen LogP contribution in [0, 0.1) is 0 Å². The summed E-state index contributed by atoms with van der Waals surface area (Å²) in [5.74, 6) is 2.57. The normalized spacial score (nSPS) is 16.7. The van der Waals surface area contributed by atoms with Crippen LogP contribution in [0.25, 0.3) is 67.0 Å². The number of pyridine rings is 1. The number of benzene rings is 5. The monoisotopic (exact) mass is 805 g/mol. The molecule has 10 rings (SSSR count). The maximum atomic E-state index is 6.68. The first kappa shape index (κ1) is 38.7. The molecule has 0 radical (unpaired) electrons. The molecule has 4 nitrogen and oxygen atoms in total. The minimum Gasteiger partial charge on any atom is -0.456 e. The molecule has 0 amide bonds. The van der Waals surface area contributed by atoms with Gasteiger partial charge in [-0.2, -0.15) is 13.7 Å². The van der Waals surface area contributed by atoms with Crippen LogP contribution in [0.1, 0.15) is 112 Å². The highest BCUT2D eigenvalue weighted by molar-refractivity contribution is 6.89. The topological polar surface area (TPSA) is 25.8 Å². The van der Waals surface area contributed by atoms with Gasteiger partial charge in [0.05, 0.1) is 20.1 Å². The summed E-state index contributed by atoms with van der Waals surface area (Å²) >= 11 is 0. The van der Waals surface area contributed by atoms with Crippen LogP contribution in [0.3, 0.4) is 0 Å². The molecule has 2 aliphatic heterocycles. The predicted octanol–water partition coefficient (Wildman–Crippen LogP) is 13.5. The maximum Gasteiger partial charge on any atom is 0.300 e. The Morgan fingerprint density at radius 2 is 1.38 bits per heavy atom. The molecule has 5 heterocycles.